The number of amides is 1. The highest BCUT2D eigenvalue weighted by molar-refractivity contribution is 5.78. The van der Waals surface area contributed by atoms with Crippen molar-refractivity contribution in [2.24, 2.45) is 0 Å². The van der Waals surface area contributed by atoms with E-state index in [1.54, 1.807) is 0 Å². The van der Waals surface area contributed by atoms with Crippen LogP contribution in [0.5, 0.6) is 0 Å². The van der Waals surface area contributed by atoms with Crippen LogP contribution in [0.2, 0.25) is 0 Å². The second-order valence-electron chi connectivity index (χ2n) is 4.92. The molecule has 17 heavy (non-hydrogen) atoms. The van der Waals surface area contributed by atoms with E-state index in [1.807, 2.05) is 0 Å². The SMILES string of the molecule is CCC(CC)NC(=O)CNC1CCCCC1O. The standard InChI is InChI=1S/C13H26N2O2/c1-3-10(4-2)15-13(17)9-14-11-7-5-6-8-12(11)16/h10-12,14,16H,3-9H2,1-2H3,(H,15,17). The first-order chi connectivity index (χ1) is 8.17. The lowest BCUT2D eigenvalue weighted by Gasteiger charge is -2.28. The number of hydrogen-bond acceptors (Lipinski definition) is 3. The molecule has 1 fully saturated rings. The highest BCUT2D eigenvalue weighted by atomic mass is 16.3. The van der Waals surface area contributed by atoms with Crippen molar-refractivity contribution < 1.29 is 9.90 Å². The Bertz CT molecular complexity index is 229. The van der Waals surface area contributed by atoms with Crippen LogP contribution in [-0.4, -0.2) is 35.7 Å². The molecule has 4 heteroatoms. The van der Waals surface area contributed by atoms with Crippen molar-refractivity contribution in [2.45, 2.75) is 70.6 Å². The summed E-state index contributed by atoms with van der Waals surface area (Å²) in [5.74, 6) is 0.0384. The van der Waals surface area contributed by atoms with Crippen molar-refractivity contribution in [3.05, 3.63) is 0 Å². The highest BCUT2D eigenvalue weighted by Gasteiger charge is 2.23. The molecule has 0 heterocycles. The second kappa shape index (κ2) is 7.67. The van der Waals surface area contributed by atoms with E-state index < -0.39 is 0 Å². The first kappa shape index (κ1) is 14.5. The Kier molecular flexibility index (Phi) is 6.52. The zero-order valence-corrected chi connectivity index (χ0v) is 11.0. The minimum atomic E-state index is -0.287. The molecule has 4 nitrogen and oxygen atoms in total. The molecule has 0 spiro atoms. The summed E-state index contributed by atoms with van der Waals surface area (Å²) in [5.41, 5.74) is 0. The summed E-state index contributed by atoms with van der Waals surface area (Å²) in [7, 11) is 0. The smallest absolute Gasteiger partial charge is 0.234 e. The van der Waals surface area contributed by atoms with Gasteiger partial charge in [-0.05, 0) is 25.7 Å². The lowest BCUT2D eigenvalue weighted by atomic mass is 9.92. The number of aliphatic hydroxyl groups is 1. The maximum absolute atomic E-state index is 11.7. The average molecular weight is 242 g/mol. The normalized spacial score (nSPS) is 24.9. The van der Waals surface area contributed by atoms with Crippen LogP contribution in [0.3, 0.4) is 0 Å². The molecule has 0 aliphatic heterocycles. The van der Waals surface area contributed by atoms with E-state index in [-0.39, 0.29) is 24.1 Å². The minimum absolute atomic E-state index is 0.0384. The molecule has 0 aromatic heterocycles. The fourth-order valence-electron chi connectivity index (χ4n) is 2.34. The Morgan fingerprint density at radius 1 is 1.29 bits per heavy atom. The van der Waals surface area contributed by atoms with Gasteiger partial charge in [-0.2, -0.15) is 0 Å². The highest BCUT2D eigenvalue weighted by Crippen LogP contribution is 2.17. The fourth-order valence-corrected chi connectivity index (χ4v) is 2.34. The summed E-state index contributed by atoms with van der Waals surface area (Å²) in [6.45, 7) is 4.47. The van der Waals surface area contributed by atoms with Crippen LogP contribution in [0.1, 0.15) is 52.4 Å². The van der Waals surface area contributed by atoms with Gasteiger partial charge in [0.25, 0.3) is 0 Å². The van der Waals surface area contributed by atoms with Crippen LogP contribution >= 0.6 is 0 Å². The molecule has 1 amide bonds. The Morgan fingerprint density at radius 2 is 1.94 bits per heavy atom. The lowest BCUT2D eigenvalue weighted by molar-refractivity contribution is -0.121. The largest absolute Gasteiger partial charge is 0.392 e. The van der Waals surface area contributed by atoms with E-state index >= 15 is 0 Å². The van der Waals surface area contributed by atoms with Crippen LogP contribution in [-0.2, 0) is 4.79 Å². The first-order valence-electron chi connectivity index (χ1n) is 6.88. The molecule has 1 saturated carbocycles. The van der Waals surface area contributed by atoms with Crippen molar-refractivity contribution in [3.63, 3.8) is 0 Å². The van der Waals surface area contributed by atoms with Gasteiger partial charge >= 0.3 is 0 Å². The first-order valence-corrected chi connectivity index (χ1v) is 6.88. The number of nitrogens with one attached hydrogen (secondary N) is 2. The van der Waals surface area contributed by atoms with Gasteiger partial charge in [0.15, 0.2) is 0 Å². The molecule has 0 aromatic rings. The molecule has 0 radical (unpaired) electrons. The summed E-state index contributed by atoms with van der Waals surface area (Å²) in [5, 5.41) is 15.9. The van der Waals surface area contributed by atoms with Crippen LogP contribution < -0.4 is 10.6 Å². The van der Waals surface area contributed by atoms with Crippen molar-refractivity contribution in [2.75, 3.05) is 6.54 Å². The third-order valence-electron chi connectivity index (χ3n) is 3.60. The number of hydrogen-bond donors (Lipinski definition) is 3. The molecular weight excluding hydrogens is 216 g/mol. The second-order valence-corrected chi connectivity index (χ2v) is 4.92. The lowest BCUT2D eigenvalue weighted by Crippen LogP contribution is -2.47. The van der Waals surface area contributed by atoms with Gasteiger partial charge in [0.2, 0.25) is 5.91 Å². The van der Waals surface area contributed by atoms with Crippen molar-refractivity contribution >= 4 is 5.91 Å². The molecule has 1 aliphatic rings. The molecule has 100 valence electrons. The minimum Gasteiger partial charge on any atom is -0.392 e. The van der Waals surface area contributed by atoms with Gasteiger partial charge in [-0.3, -0.25) is 4.79 Å². The topological polar surface area (TPSA) is 61.4 Å². The number of carbonyl (C=O) groups excluding carboxylic acids is 1. The van der Waals surface area contributed by atoms with E-state index in [2.05, 4.69) is 24.5 Å². The predicted molar refractivity (Wildman–Crippen MR) is 68.8 cm³/mol. The van der Waals surface area contributed by atoms with Crippen LogP contribution in [0.15, 0.2) is 0 Å². The van der Waals surface area contributed by atoms with Gasteiger partial charge in [-0.1, -0.05) is 26.7 Å². The predicted octanol–water partition coefficient (Wildman–Crippen LogP) is 1.18. The van der Waals surface area contributed by atoms with Gasteiger partial charge in [-0.25, -0.2) is 0 Å². The third kappa shape index (κ3) is 5.04. The summed E-state index contributed by atoms with van der Waals surface area (Å²) in [6, 6.07) is 0.372. The molecule has 2 unspecified atom stereocenters. The zero-order chi connectivity index (χ0) is 12.7. The Labute approximate surface area is 104 Å². The maximum Gasteiger partial charge on any atom is 0.234 e. The van der Waals surface area contributed by atoms with Gasteiger partial charge in [0, 0.05) is 12.1 Å². The van der Waals surface area contributed by atoms with E-state index in [0.29, 0.717) is 6.54 Å². The number of aliphatic hydroxyl groups excluding tert-OH is 1. The summed E-state index contributed by atoms with van der Waals surface area (Å²) in [6.07, 6.45) is 5.71. The fraction of sp³-hybridized carbons (Fsp3) is 0.923. The van der Waals surface area contributed by atoms with Crippen LogP contribution in [0.4, 0.5) is 0 Å². The van der Waals surface area contributed by atoms with Gasteiger partial charge in [-0.15, -0.1) is 0 Å². The molecular formula is C13H26N2O2. The Hall–Kier alpha value is -0.610. The van der Waals surface area contributed by atoms with Crippen LogP contribution in [0.25, 0.3) is 0 Å². The van der Waals surface area contributed by atoms with Crippen LogP contribution in [0, 0.1) is 0 Å². The summed E-state index contributed by atoms with van der Waals surface area (Å²) < 4.78 is 0. The van der Waals surface area contributed by atoms with E-state index in [1.165, 1.54) is 0 Å². The monoisotopic (exact) mass is 242 g/mol. The quantitative estimate of drug-likeness (QED) is 0.655. The number of carbonyl (C=O) groups is 1. The summed E-state index contributed by atoms with van der Waals surface area (Å²) in [4.78, 5) is 11.7. The van der Waals surface area contributed by atoms with Crippen molar-refractivity contribution in [1.82, 2.24) is 10.6 Å². The van der Waals surface area contributed by atoms with Gasteiger partial charge in [0.05, 0.1) is 12.6 Å². The van der Waals surface area contributed by atoms with Crippen molar-refractivity contribution in [1.29, 1.82) is 0 Å². The maximum atomic E-state index is 11.7. The van der Waals surface area contributed by atoms with E-state index in [0.717, 1.165) is 38.5 Å². The molecule has 2 atom stereocenters. The molecule has 3 N–H and O–H groups in total. The van der Waals surface area contributed by atoms with Crippen molar-refractivity contribution in [3.8, 4) is 0 Å². The summed E-state index contributed by atoms with van der Waals surface area (Å²) >= 11 is 0. The molecule has 0 bridgehead atoms. The average Bonchev–Trinajstić information content (AvgIpc) is 2.35. The van der Waals surface area contributed by atoms with Gasteiger partial charge < -0.3 is 15.7 Å². The zero-order valence-electron chi connectivity index (χ0n) is 11.0. The molecule has 0 saturated heterocycles. The van der Waals surface area contributed by atoms with Gasteiger partial charge in [0.1, 0.15) is 0 Å². The Balaban J connectivity index is 2.22. The number of rotatable bonds is 6. The van der Waals surface area contributed by atoms with E-state index in [4.69, 9.17) is 0 Å². The molecule has 1 aliphatic carbocycles. The Morgan fingerprint density at radius 3 is 2.53 bits per heavy atom. The molecule has 0 aromatic carbocycles. The van der Waals surface area contributed by atoms with E-state index in [9.17, 15) is 9.90 Å². The molecule has 1 rings (SSSR count). The third-order valence-corrected chi connectivity index (χ3v) is 3.60.